The number of aromatic nitrogens is 2. The molecular weight excluding hydrogens is 464 g/mol. The molecule has 7 heteroatoms. The Bertz CT molecular complexity index is 1160. The van der Waals surface area contributed by atoms with Crippen molar-refractivity contribution in [3.63, 3.8) is 0 Å². The molecule has 7 nitrogen and oxygen atoms in total. The number of hydrogen-bond acceptors (Lipinski definition) is 4. The van der Waals surface area contributed by atoms with Gasteiger partial charge in [-0.25, -0.2) is 4.98 Å². The van der Waals surface area contributed by atoms with Crippen molar-refractivity contribution in [1.82, 2.24) is 20.2 Å². The number of amides is 2. The predicted molar refractivity (Wildman–Crippen MR) is 144 cm³/mol. The Labute approximate surface area is 220 Å². The average Bonchev–Trinajstić information content (AvgIpc) is 3.28. The minimum Gasteiger partial charge on any atom is -0.346 e. The number of likely N-dealkylation sites (tertiary alicyclic amines) is 1. The maximum Gasteiger partial charge on any atom is 0.225 e. The van der Waals surface area contributed by atoms with Crippen LogP contribution in [0.4, 0.5) is 0 Å². The number of aryl methyl sites for hydroxylation is 1. The zero-order chi connectivity index (χ0) is 26.2. The van der Waals surface area contributed by atoms with Gasteiger partial charge in [-0.15, -0.1) is 0 Å². The SMILES string of the molecule is CC[C@H]1CCCCN1C(=O)C[C@H](NC(=O)C1CC2(CCC2)C1)C(=O)C[C@@H](C)c1nc2c(C)cccc2[nH]1. The minimum atomic E-state index is -0.786. The highest BCUT2D eigenvalue weighted by molar-refractivity contribution is 5.94. The molecule has 3 fully saturated rings. The second kappa shape index (κ2) is 10.6. The second-order valence-corrected chi connectivity index (χ2v) is 12.0. The third-order valence-electron chi connectivity index (χ3n) is 9.35. The highest BCUT2D eigenvalue weighted by atomic mass is 16.2. The Morgan fingerprint density at radius 1 is 1.16 bits per heavy atom. The van der Waals surface area contributed by atoms with E-state index >= 15 is 0 Å². The molecule has 1 aromatic carbocycles. The quantitative estimate of drug-likeness (QED) is 0.490. The van der Waals surface area contributed by atoms with Crippen molar-refractivity contribution in [2.24, 2.45) is 11.3 Å². The first-order chi connectivity index (χ1) is 17.8. The molecule has 1 spiro atoms. The van der Waals surface area contributed by atoms with Crippen molar-refractivity contribution in [3.8, 4) is 0 Å². The van der Waals surface area contributed by atoms with Crippen molar-refractivity contribution in [2.75, 3.05) is 6.54 Å². The molecule has 1 saturated heterocycles. The number of ketones is 1. The first-order valence-electron chi connectivity index (χ1n) is 14.4. The molecular formula is C30H42N4O3. The van der Waals surface area contributed by atoms with E-state index in [9.17, 15) is 14.4 Å². The second-order valence-electron chi connectivity index (χ2n) is 12.0. The molecule has 1 aliphatic heterocycles. The summed E-state index contributed by atoms with van der Waals surface area (Å²) in [6.07, 6.45) is 9.89. The van der Waals surface area contributed by atoms with Gasteiger partial charge in [0.15, 0.2) is 5.78 Å². The average molecular weight is 507 g/mol. The summed E-state index contributed by atoms with van der Waals surface area (Å²) >= 11 is 0. The molecule has 2 heterocycles. The molecule has 0 radical (unpaired) electrons. The molecule has 2 N–H and O–H groups in total. The van der Waals surface area contributed by atoms with Crippen molar-refractivity contribution in [2.45, 2.75) is 109 Å². The first kappa shape index (κ1) is 25.9. The lowest BCUT2D eigenvalue weighted by atomic mass is 9.51. The van der Waals surface area contributed by atoms with Gasteiger partial charge in [-0.1, -0.05) is 32.4 Å². The molecule has 2 aromatic rings. The number of carbonyl (C=O) groups excluding carboxylic acids is 3. The monoisotopic (exact) mass is 506 g/mol. The number of fused-ring (bicyclic) bond motifs is 1. The number of carbonyl (C=O) groups is 3. The van der Waals surface area contributed by atoms with Crippen LogP contribution < -0.4 is 5.32 Å². The van der Waals surface area contributed by atoms with E-state index in [0.29, 0.717) is 5.41 Å². The lowest BCUT2D eigenvalue weighted by Gasteiger charge is -2.53. The van der Waals surface area contributed by atoms with Crippen molar-refractivity contribution < 1.29 is 14.4 Å². The maximum atomic E-state index is 13.6. The molecule has 37 heavy (non-hydrogen) atoms. The highest BCUT2D eigenvalue weighted by Gasteiger charge is 2.51. The topological polar surface area (TPSA) is 95.2 Å². The lowest BCUT2D eigenvalue weighted by Crippen LogP contribution is -2.53. The number of hydrogen-bond donors (Lipinski definition) is 2. The summed E-state index contributed by atoms with van der Waals surface area (Å²) in [4.78, 5) is 50.2. The Hall–Kier alpha value is -2.70. The van der Waals surface area contributed by atoms with Crippen LogP contribution in [0.2, 0.25) is 0 Å². The van der Waals surface area contributed by atoms with Crippen LogP contribution in [-0.4, -0.2) is 51.1 Å². The Balaban J connectivity index is 1.28. The fraction of sp³-hybridized carbons (Fsp3) is 0.667. The molecule has 5 rings (SSSR count). The normalized spacial score (nSPS) is 22.8. The predicted octanol–water partition coefficient (Wildman–Crippen LogP) is 5.18. The minimum absolute atomic E-state index is 0.0127. The lowest BCUT2D eigenvalue weighted by molar-refractivity contribution is -0.142. The fourth-order valence-electron chi connectivity index (χ4n) is 6.80. The van der Waals surface area contributed by atoms with Crippen LogP contribution in [-0.2, 0) is 14.4 Å². The number of piperidine rings is 1. The van der Waals surface area contributed by atoms with Crippen LogP contribution >= 0.6 is 0 Å². The number of nitrogens with one attached hydrogen (secondary N) is 2. The summed E-state index contributed by atoms with van der Waals surface area (Å²) in [5, 5.41) is 3.03. The van der Waals surface area contributed by atoms with E-state index in [1.807, 2.05) is 36.9 Å². The van der Waals surface area contributed by atoms with Crippen LogP contribution in [0, 0.1) is 18.3 Å². The molecule has 0 unspecified atom stereocenters. The van der Waals surface area contributed by atoms with E-state index in [2.05, 4.69) is 17.2 Å². The molecule has 0 bridgehead atoms. The van der Waals surface area contributed by atoms with E-state index in [1.54, 1.807) is 0 Å². The van der Waals surface area contributed by atoms with E-state index < -0.39 is 6.04 Å². The van der Waals surface area contributed by atoms with E-state index in [4.69, 9.17) is 4.98 Å². The summed E-state index contributed by atoms with van der Waals surface area (Å²) in [6, 6.07) is 5.45. The summed E-state index contributed by atoms with van der Waals surface area (Å²) in [5.41, 5.74) is 3.35. The number of para-hydroxylation sites is 1. The van der Waals surface area contributed by atoms with Crippen molar-refractivity contribution in [1.29, 1.82) is 0 Å². The maximum absolute atomic E-state index is 13.6. The van der Waals surface area contributed by atoms with Gasteiger partial charge in [0, 0.05) is 30.8 Å². The zero-order valence-corrected chi connectivity index (χ0v) is 22.6. The third-order valence-corrected chi connectivity index (χ3v) is 9.35. The molecule has 3 aliphatic rings. The van der Waals surface area contributed by atoms with Crippen LogP contribution in [0.1, 0.15) is 102 Å². The fourth-order valence-corrected chi connectivity index (χ4v) is 6.80. The Morgan fingerprint density at radius 2 is 1.95 bits per heavy atom. The zero-order valence-electron chi connectivity index (χ0n) is 22.6. The van der Waals surface area contributed by atoms with Crippen LogP contribution in [0.3, 0.4) is 0 Å². The molecule has 200 valence electrons. The van der Waals surface area contributed by atoms with Gasteiger partial charge in [0.05, 0.1) is 23.5 Å². The molecule has 1 aromatic heterocycles. The summed E-state index contributed by atoms with van der Waals surface area (Å²) in [5.74, 6) is 0.438. The van der Waals surface area contributed by atoms with E-state index in [1.165, 1.54) is 19.3 Å². The van der Waals surface area contributed by atoms with Crippen molar-refractivity contribution >= 4 is 28.6 Å². The van der Waals surface area contributed by atoms with E-state index in [0.717, 1.165) is 67.5 Å². The smallest absolute Gasteiger partial charge is 0.225 e. The van der Waals surface area contributed by atoms with Gasteiger partial charge < -0.3 is 15.2 Å². The molecule has 3 atom stereocenters. The van der Waals surface area contributed by atoms with Crippen LogP contribution in [0.5, 0.6) is 0 Å². The van der Waals surface area contributed by atoms with Gasteiger partial charge in [-0.2, -0.15) is 0 Å². The molecule has 2 saturated carbocycles. The largest absolute Gasteiger partial charge is 0.346 e. The Morgan fingerprint density at radius 3 is 2.62 bits per heavy atom. The number of H-pyrrole nitrogens is 1. The molecule has 2 aliphatic carbocycles. The first-order valence-corrected chi connectivity index (χ1v) is 14.4. The Kier molecular flexibility index (Phi) is 7.42. The number of nitrogens with zero attached hydrogens (tertiary/aromatic N) is 2. The summed E-state index contributed by atoms with van der Waals surface area (Å²) in [7, 11) is 0. The van der Waals surface area contributed by atoms with Crippen LogP contribution in [0.15, 0.2) is 18.2 Å². The standard InChI is InChI=1S/C30H42N4O3/c1-4-22-10-5-6-14-34(22)26(36)16-24(32-29(37)21-17-30(18-21)12-8-13-30)25(35)15-20(3)28-31-23-11-7-9-19(2)27(23)33-28/h7,9,11,20-22,24H,4-6,8,10,12-18H2,1-3H3,(H,31,33)(H,32,37)/t20-,22+,24+/m1/s1. The third kappa shape index (κ3) is 5.32. The number of rotatable bonds is 9. The number of imidazole rings is 1. The summed E-state index contributed by atoms with van der Waals surface area (Å²) < 4.78 is 0. The van der Waals surface area contributed by atoms with Gasteiger partial charge >= 0.3 is 0 Å². The van der Waals surface area contributed by atoms with Gasteiger partial charge in [0.25, 0.3) is 0 Å². The van der Waals surface area contributed by atoms with Gasteiger partial charge in [0.1, 0.15) is 5.82 Å². The van der Waals surface area contributed by atoms with Gasteiger partial charge in [-0.05, 0) is 75.3 Å². The van der Waals surface area contributed by atoms with Gasteiger partial charge in [-0.3, -0.25) is 14.4 Å². The van der Waals surface area contributed by atoms with Gasteiger partial charge in [0.2, 0.25) is 11.8 Å². The number of aromatic amines is 1. The number of Topliss-reactive ketones (excluding diaryl/α,β-unsaturated/α-hetero) is 1. The van der Waals surface area contributed by atoms with E-state index in [-0.39, 0.29) is 48.3 Å². The number of benzene rings is 1. The van der Waals surface area contributed by atoms with Crippen molar-refractivity contribution in [3.05, 3.63) is 29.6 Å². The van der Waals surface area contributed by atoms with Crippen LogP contribution in [0.25, 0.3) is 11.0 Å². The highest BCUT2D eigenvalue weighted by Crippen LogP contribution is 2.58. The summed E-state index contributed by atoms with van der Waals surface area (Å²) in [6.45, 7) is 6.87. The molecule has 2 amide bonds.